The normalized spacial score (nSPS) is 17.2. The molecule has 0 aliphatic heterocycles. The van der Waals surface area contributed by atoms with Crippen LogP contribution in [0, 0.1) is 11.3 Å². The Morgan fingerprint density at radius 3 is 2.88 bits per heavy atom. The van der Waals surface area contributed by atoms with Gasteiger partial charge in [0.25, 0.3) is 0 Å². The molecule has 2 aromatic heterocycles. The lowest BCUT2D eigenvalue weighted by atomic mass is 9.72. The van der Waals surface area contributed by atoms with Gasteiger partial charge < -0.3 is 9.30 Å². The highest BCUT2D eigenvalue weighted by Gasteiger charge is 2.30. The summed E-state index contributed by atoms with van der Waals surface area (Å²) in [6.07, 6.45) is 3.98. The van der Waals surface area contributed by atoms with Crippen LogP contribution in [0.3, 0.4) is 0 Å². The van der Waals surface area contributed by atoms with Crippen LogP contribution in [-0.2, 0) is 29.4 Å². The Bertz CT molecular complexity index is 789. The molecule has 1 aliphatic rings. The van der Waals surface area contributed by atoms with Gasteiger partial charge in [0, 0.05) is 17.7 Å². The quantitative estimate of drug-likeness (QED) is 0.558. The number of methoxy groups -OCH3 is 1. The Hall–Kier alpha value is -1.34. The fourth-order valence-electron chi connectivity index (χ4n) is 3.36. The van der Waals surface area contributed by atoms with Gasteiger partial charge in [-0.2, -0.15) is 0 Å². The highest BCUT2D eigenvalue weighted by Crippen LogP contribution is 2.42. The molecule has 0 bridgehead atoms. The van der Waals surface area contributed by atoms with Crippen LogP contribution in [0.2, 0.25) is 0 Å². The summed E-state index contributed by atoms with van der Waals surface area (Å²) >= 11 is 3.39. The van der Waals surface area contributed by atoms with Crippen LogP contribution in [0.25, 0.3) is 10.7 Å². The lowest BCUT2D eigenvalue weighted by Crippen LogP contribution is -2.26. The maximum Gasteiger partial charge on any atom is 0.306 e. The van der Waals surface area contributed by atoms with Crippen LogP contribution >= 0.6 is 23.1 Å². The lowest BCUT2D eigenvalue weighted by molar-refractivity contribution is -0.140. The molecular weight excluding hydrogens is 366 g/mol. The number of aromatic nitrogens is 3. The van der Waals surface area contributed by atoms with E-state index in [9.17, 15) is 4.79 Å². The summed E-state index contributed by atoms with van der Waals surface area (Å²) in [6.45, 7) is 7.03. The molecule has 3 rings (SSSR count). The Balaban J connectivity index is 1.73. The summed E-state index contributed by atoms with van der Waals surface area (Å²) in [5.41, 5.74) is 1.84. The number of fused-ring (bicyclic) bond motifs is 1. The SMILES string of the molecule is COC(=O)CCSc1nnc(-c2cc3c(s2)CCC(C(C)(C)C)C3)n1C. The third-order valence-electron chi connectivity index (χ3n) is 5.13. The number of hydrogen-bond acceptors (Lipinski definition) is 6. The van der Waals surface area contributed by atoms with E-state index in [0.717, 1.165) is 23.3 Å². The summed E-state index contributed by atoms with van der Waals surface area (Å²) in [5, 5.41) is 9.54. The monoisotopic (exact) mass is 393 g/mol. The van der Waals surface area contributed by atoms with Crippen molar-refractivity contribution in [2.24, 2.45) is 18.4 Å². The highest BCUT2D eigenvalue weighted by molar-refractivity contribution is 7.99. The number of ether oxygens (including phenoxy) is 1. The average Bonchev–Trinajstić information content (AvgIpc) is 3.16. The Morgan fingerprint density at radius 1 is 1.42 bits per heavy atom. The molecule has 0 spiro atoms. The Kier molecular flexibility index (Phi) is 5.77. The van der Waals surface area contributed by atoms with Gasteiger partial charge in [0.2, 0.25) is 0 Å². The van der Waals surface area contributed by atoms with E-state index >= 15 is 0 Å². The van der Waals surface area contributed by atoms with Gasteiger partial charge in [0.1, 0.15) is 0 Å². The van der Waals surface area contributed by atoms with Gasteiger partial charge in [0.05, 0.1) is 18.4 Å². The van der Waals surface area contributed by atoms with Gasteiger partial charge in [-0.15, -0.1) is 21.5 Å². The lowest BCUT2D eigenvalue weighted by Gasteiger charge is -2.33. The summed E-state index contributed by atoms with van der Waals surface area (Å²) in [6, 6.07) is 2.31. The molecule has 0 N–H and O–H groups in total. The van der Waals surface area contributed by atoms with Crippen molar-refractivity contribution in [3.05, 3.63) is 16.5 Å². The number of hydrogen-bond donors (Lipinski definition) is 0. The molecule has 1 unspecified atom stereocenters. The number of nitrogens with zero attached hydrogens (tertiary/aromatic N) is 3. The largest absolute Gasteiger partial charge is 0.469 e. The van der Waals surface area contributed by atoms with E-state index in [1.165, 1.54) is 47.0 Å². The second-order valence-electron chi connectivity index (χ2n) is 7.90. The van der Waals surface area contributed by atoms with Crippen molar-refractivity contribution >= 4 is 29.1 Å². The van der Waals surface area contributed by atoms with Crippen molar-refractivity contribution in [2.75, 3.05) is 12.9 Å². The number of carbonyl (C=O) groups excluding carboxylic acids is 1. The molecule has 5 nitrogen and oxygen atoms in total. The minimum Gasteiger partial charge on any atom is -0.469 e. The molecule has 0 saturated heterocycles. The van der Waals surface area contributed by atoms with Crippen LogP contribution in [-0.4, -0.2) is 33.6 Å². The standard InChI is InChI=1S/C19H27N3O2S2/c1-19(2,3)13-6-7-14-12(10-13)11-15(26-14)17-20-21-18(22(17)4)25-9-8-16(23)24-5/h11,13H,6-10H2,1-5H3. The predicted octanol–water partition coefficient (Wildman–Crippen LogP) is 4.35. The van der Waals surface area contributed by atoms with E-state index in [2.05, 4.69) is 41.8 Å². The molecule has 0 fully saturated rings. The van der Waals surface area contributed by atoms with Gasteiger partial charge in [0.15, 0.2) is 11.0 Å². The molecular formula is C19H27N3O2S2. The Labute approximate surface area is 163 Å². The molecule has 2 aromatic rings. The third kappa shape index (κ3) is 4.14. The first kappa shape index (κ1) is 19.4. The van der Waals surface area contributed by atoms with Gasteiger partial charge >= 0.3 is 5.97 Å². The van der Waals surface area contributed by atoms with Gasteiger partial charge in [-0.25, -0.2) is 0 Å². The molecule has 0 saturated carbocycles. The summed E-state index contributed by atoms with van der Waals surface area (Å²) in [5.74, 6) is 2.10. The zero-order valence-corrected chi connectivity index (χ0v) is 17.8. The maximum atomic E-state index is 11.2. The van der Waals surface area contributed by atoms with Crippen LogP contribution in [0.1, 0.15) is 44.1 Å². The summed E-state index contributed by atoms with van der Waals surface area (Å²) < 4.78 is 6.71. The van der Waals surface area contributed by atoms with E-state index in [1.54, 1.807) is 0 Å². The molecule has 1 aliphatic carbocycles. The van der Waals surface area contributed by atoms with Gasteiger partial charge in [-0.3, -0.25) is 4.79 Å². The summed E-state index contributed by atoms with van der Waals surface area (Å²) in [4.78, 5) is 13.9. The van der Waals surface area contributed by atoms with Crippen molar-refractivity contribution in [1.82, 2.24) is 14.8 Å². The van der Waals surface area contributed by atoms with Crippen LogP contribution < -0.4 is 0 Å². The third-order valence-corrected chi connectivity index (χ3v) is 7.38. The molecule has 142 valence electrons. The van der Waals surface area contributed by atoms with Crippen molar-refractivity contribution < 1.29 is 9.53 Å². The molecule has 0 amide bonds. The second kappa shape index (κ2) is 7.72. The number of esters is 1. The first-order valence-corrected chi connectivity index (χ1v) is 10.8. The average molecular weight is 394 g/mol. The van der Waals surface area contributed by atoms with Crippen LogP contribution in [0.15, 0.2) is 11.2 Å². The Morgan fingerprint density at radius 2 is 2.19 bits per heavy atom. The maximum absolute atomic E-state index is 11.2. The topological polar surface area (TPSA) is 57.0 Å². The molecule has 0 radical (unpaired) electrons. The predicted molar refractivity (Wildman–Crippen MR) is 107 cm³/mol. The highest BCUT2D eigenvalue weighted by atomic mass is 32.2. The second-order valence-corrected chi connectivity index (χ2v) is 10.1. The fourth-order valence-corrected chi connectivity index (χ4v) is 5.41. The van der Waals surface area contributed by atoms with Crippen LogP contribution in [0.4, 0.5) is 0 Å². The zero-order valence-electron chi connectivity index (χ0n) is 16.2. The number of rotatable bonds is 5. The van der Waals surface area contributed by atoms with E-state index in [0.29, 0.717) is 17.6 Å². The van der Waals surface area contributed by atoms with Crippen molar-refractivity contribution in [3.63, 3.8) is 0 Å². The van der Waals surface area contributed by atoms with Crippen molar-refractivity contribution in [3.8, 4) is 10.7 Å². The minimum atomic E-state index is -0.195. The molecule has 1 atom stereocenters. The van der Waals surface area contributed by atoms with Crippen molar-refractivity contribution in [1.29, 1.82) is 0 Å². The van der Waals surface area contributed by atoms with E-state index in [-0.39, 0.29) is 5.97 Å². The van der Waals surface area contributed by atoms with E-state index in [4.69, 9.17) is 0 Å². The number of carbonyl (C=O) groups is 1. The van der Waals surface area contributed by atoms with Crippen LogP contribution in [0.5, 0.6) is 0 Å². The van der Waals surface area contributed by atoms with E-state index in [1.807, 2.05) is 23.0 Å². The van der Waals surface area contributed by atoms with Gasteiger partial charge in [-0.1, -0.05) is 32.5 Å². The van der Waals surface area contributed by atoms with E-state index < -0.39 is 0 Å². The molecule has 2 heterocycles. The zero-order chi connectivity index (χ0) is 18.9. The number of thioether (sulfide) groups is 1. The molecule has 0 aromatic carbocycles. The fraction of sp³-hybridized carbons (Fsp3) is 0.632. The minimum absolute atomic E-state index is 0.195. The number of thiophene rings is 1. The molecule has 26 heavy (non-hydrogen) atoms. The van der Waals surface area contributed by atoms with Gasteiger partial charge in [-0.05, 0) is 42.2 Å². The first-order valence-electron chi connectivity index (χ1n) is 9.00. The number of aryl methyl sites for hydroxylation is 1. The molecule has 7 heteroatoms. The first-order chi connectivity index (χ1) is 12.3. The summed E-state index contributed by atoms with van der Waals surface area (Å²) in [7, 11) is 3.41. The van der Waals surface area contributed by atoms with Crippen molar-refractivity contribution in [2.45, 2.75) is 51.6 Å². The smallest absolute Gasteiger partial charge is 0.306 e.